The Morgan fingerprint density at radius 3 is 1.44 bits per heavy atom. The SMILES string of the molecule is COc1ccc(C(c2ccc(OC)c(OC)c2)[C@H](C)[C@@H](C)CO)cc1OC. The van der Waals surface area contributed by atoms with Crippen molar-refractivity contribution >= 4 is 0 Å². The first kappa shape index (κ1) is 20.9. The summed E-state index contributed by atoms with van der Waals surface area (Å²) in [5.74, 6) is 3.10. The molecule has 0 amide bonds. The molecule has 0 bridgehead atoms. The zero-order valence-corrected chi connectivity index (χ0v) is 17.0. The molecule has 0 spiro atoms. The molecule has 0 aromatic heterocycles. The summed E-state index contributed by atoms with van der Waals surface area (Å²) in [7, 11) is 6.51. The molecular formula is C22H30O5. The second kappa shape index (κ2) is 9.51. The van der Waals surface area contributed by atoms with Gasteiger partial charge in [-0.05, 0) is 47.2 Å². The van der Waals surface area contributed by atoms with E-state index < -0.39 is 0 Å². The Bertz CT molecular complexity index is 688. The number of benzene rings is 2. The van der Waals surface area contributed by atoms with Crippen molar-refractivity contribution in [3.8, 4) is 23.0 Å². The number of rotatable bonds is 9. The van der Waals surface area contributed by atoms with E-state index in [1.54, 1.807) is 28.4 Å². The molecule has 5 nitrogen and oxygen atoms in total. The van der Waals surface area contributed by atoms with Crippen LogP contribution in [0.15, 0.2) is 36.4 Å². The fraction of sp³-hybridized carbons (Fsp3) is 0.455. The summed E-state index contributed by atoms with van der Waals surface area (Å²) in [6, 6.07) is 11.9. The van der Waals surface area contributed by atoms with Crippen molar-refractivity contribution in [3.63, 3.8) is 0 Å². The fourth-order valence-electron chi connectivity index (χ4n) is 3.39. The van der Waals surface area contributed by atoms with Gasteiger partial charge in [0.05, 0.1) is 28.4 Å². The number of hydrogen-bond donors (Lipinski definition) is 1. The van der Waals surface area contributed by atoms with E-state index in [4.69, 9.17) is 18.9 Å². The molecule has 0 aliphatic carbocycles. The molecule has 148 valence electrons. The topological polar surface area (TPSA) is 57.2 Å². The van der Waals surface area contributed by atoms with Gasteiger partial charge < -0.3 is 24.1 Å². The lowest BCUT2D eigenvalue weighted by Crippen LogP contribution is -2.21. The number of aliphatic hydroxyl groups is 1. The first-order valence-electron chi connectivity index (χ1n) is 9.05. The van der Waals surface area contributed by atoms with Gasteiger partial charge in [0.2, 0.25) is 0 Å². The lowest BCUT2D eigenvalue weighted by atomic mass is 9.76. The van der Waals surface area contributed by atoms with Crippen molar-refractivity contribution in [2.45, 2.75) is 19.8 Å². The second-order valence-electron chi connectivity index (χ2n) is 6.73. The third kappa shape index (κ3) is 4.48. The van der Waals surface area contributed by atoms with E-state index in [9.17, 15) is 5.11 Å². The van der Waals surface area contributed by atoms with Gasteiger partial charge in [-0.3, -0.25) is 0 Å². The molecule has 0 fully saturated rings. The van der Waals surface area contributed by atoms with E-state index >= 15 is 0 Å². The predicted octanol–water partition coefficient (Wildman–Crippen LogP) is 4.12. The van der Waals surface area contributed by atoms with Gasteiger partial charge in [0.25, 0.3) is 0 Å². The molecule has 5 heteroatoms. The summed E-state index contributed by atoms with van der Waals surface area (Å²) < 4.78 is 21.7. The summed E-state index contributed by atoms with van der Waals surface area (Å²) in [5.41, 5.74) is 2.18. The van der Waals surface area contributed by atoms with Gasteiger partial charge in [0.1, 0.15) is 0 Å². The number of ether oxygens (including phenoxy) is 4. The van der Waals surface area contributed by atoms with Crippen LogP contribution in [0.1, 0.15) is 30.9 Å². The Morgan fingerprint density at radius 2 is 1.11 bits per heavy atom. The van der Waals surface area contributed by atoms with Crippen LogP contribution < -0.4 is 18.9 Å². The van der Waals surface area contributed by atoms with E-state index in [0.29, 0.717) is 23.0 Å². The number of methoxy groups -OCH3 is 4. The molecule has 0 saturated heterocycles. The summed E-state index contributed by atoms with van der Waals surface area (Å²) in [4.78, 5) is 0. The normalized spacial score (nSPS) is 13.2. The van der Waals surface area contributed by atoms with E-state index in [1.807, 2.05) is 36.4 Å². The van der Waals surface area contributed by atoms with Crippen LogP contribution in [0.3, 0.4) is 0 Å². The molecule has 27 heavy (non-hydrogen) atoms. The maximum Gasteiger partial charge on any atom is 0.161 e. The molecule has 0 aliphatic rings. The van der Waals surface area contributed by atoms with E-state index in [1.165, 1.54) is 0 Å². The minimum absolute atomic E-state index is 0.0479. The summed E-state index contributed by atoms with van der Waals surface area (Å²) in [5, 5.41) is 9.72. The van der Waals surface area contributed by atoms with Crippen LogP contribution in [0.5, 0.6) is 23.0 Å². The van der Waals surface area contributed by atoms with Crippen molar-refractivity contribution < 1.29 is 24.1 Å². The first-order chi connectivity index (χ1) is 13.0. The van der Waals surface area contributed by atoms with Gasteiger partial charge in [-0.2, -0.15) is 0 Å². The first-order valence-corrected chi connectivity index (χ1v) is 9.05. The van der Waals surface area contributed by atoms with Crippen molar-refractivity contribution in [2.75, 3.05) is 35.0 Å². The highest BCUT2D eigenvalue weighted by Gasteiger charge is 2.27. The third-order valence-electron chi connectivity index (χ3n) is 5.24. The smallest absolute Gasteiger partial charge is 0.161 e. The quantitative estimate of drug-likeness (QED) is 0.716. The van der Waals surface area contributed by atoms with Gasteiger partial charge >= 0.3 is 0 Å². The molecule has 2 aromatic carbocycles. The minimum atomic E-state index is 0.0479. The molecule has 0 radical (unpaired) electrons. The molecular weight excluding hydrogens is 344 g/mol. The Kier molecular flexibility index (Phi) is 7.36. The molecule has 2 rings (SSSR count). The van der Waals surface area contributed by atoms with Gasteiger partial charge in [-0.25, -0.2) is 0 Å². The largest absolute Gasteiger partial charge is 0.493 e. The highest BCUT2D eigenvalue weighted by atomic mass is 16.5. The minimum Gasteiger partial charge on any atom is -0.493 e. The second-order valence-corrected chi connectivity index (χ2v) is 6.73. The van der Waals surface area contributed by atoms with E-state index in [-0.39, 0.29) is 24.4 Å². The lowest BCUT2D eigenvalue weighted by molar-refractivity contribution is 0.186. The van der Waals surface area contributed by atoms with Crippen LogP contribution in [-0.4, -0.2) is 40.2 Å². The summed E-state index contributed by atoms with van der Waals surface area (Å²) in [6.45, 7) is 4.33. The predicted molar refractivity (Wildman–Crippen MR) is 106 cm³/mol. The monoisotopic (exact) mass is 374 g/mol. The zero-order valence-electron chi connectivity index (χ0n) is 17.0. The molecule has 2 aromatic rings. The van der Waals surface area contributed by atoms with Crippen LogP contribution in [-0.2, 0) is 0 Å². The zero-order chi connectivity index (χ0) is 20.0. The molecule has 0 saturated carbocycles. The van der Waals surface area contributed by atoms with Crippen molar-refractivity contribution in [2.24, 2.45) is 11.8 Å². The summed E-state index contributed by atoms with van der Waals surface area (Å²) >= 11 is 0. The highest BCUT2D eigenvalue weighted by Crippen LogP contribution is 2.42. The van der Waals surface area contributed by atoms with Gasteiger partial charge in [-0.1, -0.05) is 26.0 Å². The van der Waals surface area contributed by atoms with Crippen LogP contribution in [0.2, 0.25) is 0 Å². The Labute approximate surface area is 161 Å². The number of aliphatic hydroxyl groups excluding tert-OH is 1. The van der Waals surface area contributed by atoms with Crippen molar-refractivity contribution in [1.29, 1.82) is 0 Å². The van der Waals surface area contributed by atoms with Crippen LogP contribution in [0.4, 0.5) is 0 Å². The number of hydrogen-bond acceptors (Lipinski definition) is 5. The Morgan fingerprint density at radius 1 is 0.704 bits per heavy atom. The van der Waals surface area contributed by atoms with Crippen LogP contribution >= 0.6 is 0 Å². The average Bonchev–Trinajstić information content (AvgIpc) is 2.72. The van der Waals surface area contributed by atoms with Crippen molar-refractivity contribution in [1.82, 2.24) is 0 Å². The Hall–Kier alpha value is -2.40. The maximum atomic E-state index is 9.72. The highest BCUT2D eigenvalue weighted by molar-refractivity contribution is 5.49. The molecule has 0 aliphatic heterocycles. The molecule has 1 N–H and O–H groups in total. The lowest BCUT2D eigenvalue weighted by Gasteiger charge is -2.30. The fourth-order valence-corrected chi connectivity index (χ4v) is 3.39. The summed E-state index contributed by atoms with van der Waals surface area (Å²) in [6.07, 6.45) is 0. The standard InChI is InChI=1S/C22H30O5/c1-14(13-23)15(2)22(16-7-9-18(24-3)20(11-16)26-5)17-8-10-19(25-4)21(12-17)27-6/h7-12,14-15,22-23H,13H2,1-6H3/t14-,15+/m0/s1. The van der Waals surface area contributed by atoms with Crippen LogP contribution in [0.25, 0.3) is 0 Å². The van der Waals surface area contributed by atoms with Gasteiger partial charge in [-0.15, -0.1) is 0 Å². The average molecular weight is 374 g/mol. The molecule has 0 heterocycles. The van der Waals surface area contributed by atoms with Crippen LogP contribution in [0, 0.1) is 11.8 Å². The Balaban J connectivity index is 2.59. The van der Waals surface area contributed by atoms with Crippen molar-refractivity contribution in [3.05, 3.63) is 47.5 Å². The van der Waals surface area contributed by atoms with E-state index in [2.05, 4.69) is 13.8 Å². The maximum absolute atomic E-state index is 9.72. The molecule has 0 unspecified atom stereocenters. The molecule has 2 atom stereocenters. The van der Waals surface area contributed by atoms with Gasteiger partial charge in [0, 0.05) is 12.5 Å². The van der Waals surface area contributed by atoms with E-state index in [0.717, 1.165) is 11.1 Å². The van der Waals surface area contributed by atoms with Gasteiger partial charge in [0.15, 0.2) is 23.0 Å². The third-order valence-corrected chi connectivity index (χ3v) is 5.24.